The molecule has 1 aromatic carbocycles. The number of carbonyl (C=O) groups is 1. The minimum Gasteiger partial charge on any atom is -0.463 e. The van der Waals surface area contributed by atoms with Crippen molar-refractivity contribution < 1.29 is 14.7 Å². The van der Waals surface area contributed by atoms with Crippen molar-refractivity contribution in [3.8, 4) is 0 Å². The largest absolute Gasteiger partial charge is 0.463 e. The van der Waals surface area contributed by atoms with Gasteiger partial charge in [0.25, 0.3) is 0 Å². The van der Waals surface area contributed by atoms with Gasteiger partial charge in [0.1, 0.15) is 5.82 Å². The van der Waals surface area contributed by atoms with Crippen molar-refractivity contribution in [2.24, 2.45) is 0 Å². The molecule has 2 rings (SSSR count). The number of hydrogen-bond acceptors (Lipinski definition) is 3. The van der Waals surface area contributed by atoms with E-state index < -0.39 is 6.09 Å². The Bertz CT molecular complexity index is 505. The molecule has 1 aromatic heterocycles. The van der Waals surface area contributed by atoms with Gasteiger partial charge in [-0.2, -0.15) is 5.06 Å². The Morgan fingerprint density at radius 3 is 2.94 bits per heavy atom. The Balaban J connectivity index is 2.02. The Labute approximate surface area is 104 Å². The molecule has 0 spiro atoms. The van der Waals surface area contributed by atoms with Crippen LogP contribution in [0.5, 0.6) is 0 Å². The van der Waals surface area contributed by atoms with E-state index in [0.717, 1.165) is 21.9 Å². The Morgan fingerprint density at radius 1 is 1.50 bits per heavy atom. The molecule has 0 fully saturated rings. The monoisotopic (exact) mass is 249 g/mol. The number of amides is 1. The van der Waals surface area contributed by atoms with Crippen LogP contribution in [0, 0.1) is 0 Å². The van der Waals surface area contributed by atoms with Gasteiger partial charge in [0.05, 0.1) is 24.2 Å². The van der Waals surface area contributed by atoms with Gasteiger partial charge < -0.3 is 10.1 Å². The van der Waals surface area contributed by atoms with Gasteiger partial charge in [-0.05, 0) is 19.1 Å². The average molecular weight is 249 g/mol. The van der Waals surface area contributed by atoms with Crippen LogP contribution in [0.3, 0.4) is 0 Å². The standard InChI is InChI=1S/C12H15N3O3/c1-2-18-15(12(16)17)8-7-11-13-9-5-3-4-6-10(9)14-11/h3-6H,2,7-8H2,1H3,(H,13,14)(H,16,17). The van der Waals surface area contributed by atoms with Gasteiger partial charge in [0.15, 0.2) is 0 Å². The van der Waals surface area contributed by atoms with Gasteiger partial charge in [-0.25, -0.2) is 9.78 Å². The molecule has 0 aliphatic rings. The molecule has 6 nitrogen and oxygen atoms in total. The Morgan fingerprint density at radius 2 is 2.28 bits per heavy atom. The van der Waals surface area contributed by atoms with Gasteiger partial charge in [-0.3, -0.25) is 4.84 Å². The summed E-state index contributed by atoms with van der Waals surface area (Å²) in [6, 6.07) is 7.68. The van der Waals surface area contributed by atoms with Crippen molar-refractivity contribution >= 4 is 17.1 Å². The van der Waals surface area contributed by atoms with Crippen LogP contribution in [-0.4, -0.2) is 39.4 Å². The van der Waals surface area contributed by atoms with Gasteiger partial charge in [0.2, 0.25) is 0 Å². The molecular weight excluding hydrogens is 234 g/mol. The molecule has 0 unspecified atom stereocenters. The van der Waals surface area contributed by atoms with Gasteiger partial charge in [0, 0.05) is 6.42 Å². The summed E-state index contributed by atoms with van der Waals surface area (Å²) in [7, 11) is 0. The fraction of sp³-hybridized carbons (Fsp3) is 0.333. The normalized spacial score (nSPS) is 10.7. The highest BCUT2D eigenvalue weighted by Gasteiger charge is 2.12. The summed E-state index contributed by atoms with van der Waals surface area (Å²) in [6.07, 6.45) is -0.603. The molecule has 0 aliphatic heterocycles. The molecular formula is C12H15N3O3. The minimum atomic E-state index is -1.09. The number of imidazole rings is 1. The molecule has 0 aliphatic carbocycles. The number of carboxylic acid groups (broad SMARTS) is 1. The first kappa shape index (κ1) is 12.4. The molecule has 1 amide bonds. The average Bonchev–Trinajstić information content (AvgIpc) is 2.76. The topological polar surface area (TPSA) is 78.5 Å². The zero-order valence-corrected chi connectivity index (χ0v) is 10.1. The van der Waals surface area contributed by atoms with Crippen LogP contribution in [0.2, 0.25) is 0 Å². The molecule has 2 N–H and O–H groups in total. The number of benzene rings is 1. The summed E-state index contributed by atoms with van der Waals surface area (Å²) in [4.78, 5) is 23.4. The third kappa shape index (κ3) is 2.78. The molecule has 0 saturated carbocycles. The first-order valence-electron chi connectivity index (χ1n) is 5.77. The summed E-state index contributed by atoms with van der Waals surface area (Å²) < 4.78 is 0. The molecule has 1 heterocycles. The van der Waals surface area contributed by atoms with Crippen LogP contribution in [0.1, 0.15) is 12.7 Å². The number of hydroxylamine groups is 2. The number of nitrogens with zero attached hydrogens (tertiary/aromatic N) is 2. The second kappa shape index (κ2) is 5.50. The number of H-pyrrole nitrogens is 1. The Kier molecular flexibility index (Phi) is 3.78. The van der Waals surface area contributed by atoms with E-state index in [0.29, 0.717) is 13.0 Å². The van der Waals surface area contributed by atoms with E-state index in [4.69, 9.17) is 9.94 Å². The minimum absolute atomic E-state index is 0.253. The maximum atomic E-state index is 10.9. The lowest BCUT2D eigenvalue weighted by Crippen LogP contribution is -2.31. The molecule has 96 valence electrons. The predicted molar refractivity (Wildman–Crippen MR) is 66.2 cm³/mol. The number of aromatic nitrogens is 2. The molecule has 2 aromatic rings. The summed E-state index contributed by atoms with van der Waals surface area (Å²) in [5.74, 6) is 0.752. The van der Waals surface area contributed by atoms with E-state index in [1.807, 2.05) is 24.3 Å². The number of para-hydroxylation sites is 2. The highest BCUT2D eigenvalue weighted by Crippen LogP contribution is 2.10. The third-order valence-corrected chi connectivity index (χ3v) is 2.49. The van der Waals surface area contributed by atoms with Crippen LogP contribution < -0.4 is 0 Å². The zero-order valence-electron chi connectivity index (χ0n) is 10.1. The van der Waals surface area contributed by atoms with Crippen molar-refractivity contribution in [3.05, 3.63) is 30.1 Å². The van der Waals surface area contributed by atoms with Crippen LogP contribution in [0.4, 0.5) is 4.79 Å². The number of rotatable bonds is 5. The number of aromatic amines is 1. The lowest BCUT2D eigenvalue weighted by molar-refractivity contribution is -0.125. The van der Waals surface area contributed by atoms with Crippen LogP contribution >= 0.6 is 0 Å². The summed E-state index contributed by atoms with van der Waals surface area (Å²) in [5.41, 5.74) is 1.83. The Hall–Kier alpha value is -2.08. The van der Waals surface area contributed by atoms with E-state index in [2.05, 4.69) is 9.97 Å². The number of fused-ring (bicyclic) bond motifs is 1. The highest BCUT2D eigenvalue weighted by atomic mass is 16.7. The molecule has 0 radical (unpaired) electrons. The second-order valence-electron chi connectivity index (χ2n) is 3.75. The molecule has 0 atom stereocenters. The van der Waals surface area contributed by atoms with Crippen molar-refractivity contribution in [1.29, 1.82) is 0 Å². The fourth-order valence-electron chi connectivity index (χ4n) is 1.70. The van der Waals surface area contributed by atoms with Crippen LogP contribution in [0.15, 0.2) is 24.3 Å². The summed E-state index contributed by atoms with van der Waals surface area (Å²) >= 11 is 0. The third-order valence-electron chi connectivity index (χ3n) is 2.49. The van der Waals surface area contributed by atoms with Crippen molar-refractivity contribution in [1.82, 2.24) is 15.0 Å². The second-order valence-corrected chi connectivity index (χ2v) is 3.75. The van der Waals surface area contributed by atoms with E-state index in [1.54, 1.807) is 6.92 Å². The van der Waals surface area contributed by atoms with Gasteiger partial charge >= 0.3 is 6.09 Å². The van der Waals surface area contributed by atoms with E-state index in [9.17, 15) is 4.79 Å². The number of hydrogen-bond donors (Lipinski definition) is 2. The van der Waals surface area contributed by atoms with E-state index in [1.165, 1.54) is 0 Å². The SMILES string of the molecule is CCON(CCc1nc2ccccc2[nH]1)C(=O)O. The lowest BCUT2D eigenvalue weighted by atomic mass is 10.3. The first-order chi connectivity index (χ1) is 8.70. The van der Waals surface area contributed by atoms with E-state index >= 15 is 0 Å². The molecule has 0 bridgehead atoms. The quantitative estimate of drug-likeness (QED) is 0.795. The van der Waals surface area contributed by atoms with Crippen molar-refractivity contribution in [2.75, 3.05) is 13.2 Å². The highest BCUT2D eigenvalue weighted by molar-refractivity contribution is 5.74. The van der Waals surface area contributed by atoms with Crippen LogP contribution in [0.25, 0.3) is 11.0 Å². The lowest BCUT2D eigenvalue weighted by Gasteiger charge is -2.16. The fourth-order valence-corrected chi connectivity index (χ4v) is 1.70. The molecule has 0 saturated heterocycles. The first-order valence-corrected chi connectivity index (χ1v) is 5.77. The van der Waals surface area contributed by atoms with E-state index in [-0.39, 0.29) is 6.54 Å². The number of nitrogens with one attached hydrogen (secondary N) is 1. The van der Waals surface area contributed by atoms with Crippen molar-refractivity contribution in [2.45, 2.75) is 13.3 Å². The van der Waals surface area contributed by atoms with Crippen LogP contribution in [-0.2, 0) is 11.3 Å². The summed E-state index contributed by atoms with van der Waals surface area (Å²) in [5, 5.41) is 9.82. The maximum Gasteiger partial charge on any atom is 0.431 e. The predicted octanol–water partition coefficient (Wildman–Crippen LogP) is 2.04. The zero-order chi connectivity index (χ0) is 13.0. The molecule has 6 heteroatoms. The van der Waals surface area contributed by atoms with Gasteiger partial charge in [-0.1, -0.05) is 12.1 Å². The van der Waals surface area contributed by atoms with Gasteiger partial charge in [-0.15, -0.1) is 0 Å². The molecule has 18 heavy (non-hydrogen) atoms. The maximum absolute atomic E-state index is 10.9. The smallest absolute Gasteiger partial charge is 0.431 e. The van der Waals surface area contributed by atoms with Crippen molar-refractivity contribution in [3.63, 3.8) is 0 Å². The summed E-state index contributed by atoms with van der Waals surface area (Å²) in [6.45, 7) is 2.33.